The highest BCUT2D eigenvalue weighted by Gasteiger charge is 2.21. The van der Waals surface area contributed by atoms with Gasteiger partial charge in [0.25, 0.3) is 0 Å². The van der Waals surface area contributed by atoms with Crippen molar-refractivity contribution in [2.75, 3.05) is 0 Å². The van der Waals surface area contributed by atoms with Gasteiger partial charge in [-0.1, -0.05) is 91.0 Å². The van der Waals surface area contributed by atoms with Crippen molar-refractivity contribution < 1.29 is 10.2 Å². The third-order valence-electron chi connectivity index (χ3n) is 4.89. The molecule has 0 aromatic heterocycles. The monoisotopic (exact) mass is 367 g/mol. The number of phenolic OH excluding ortho intramolecular Hbond substituents is 1. The van der Waals surface area contributed by atoms with Crippen LogP contribution in [0.2, 0.25) is 0 Å². The zero-order valence-electron chi connectivity index (χ0n) is 15.3. The van der Waals surface area contributed by atoms with Crippen molar-refractivity contribution in [3.63, 3.8) is 0 Å². The van der Waals surface area contributed by atoms with Crippen LogP contribution in [0.3, 0.4) is 0 Å². The number of aliphatic hydroxyl groups is 1. The maximum Gasteiger partial charge on any atom is 0.124 e. The Morgan fingerprint density at radius 3 is 2.00 bits per heavy atom. The molecule has 0 saturated carbocycles. The Balaban J connectivity index is 1.78. The Kier molecular flexibility index (Phi) is 5.18. The topological polar surface area (TPSA) is 52.8 Å². The van der Waals surface area contributed by atoms with Gasteiger partial charge >= 0.3 is 0 Å². The number of fused-ring (bicyclic) bond motifs is 1. The van der Waals surface area contributed by atoms with Crippen molar-refractivity contribution >= 4 is 17.0 Å². The molecule has 3 nitrogen and oxygen atoms in total. The smallest absolute Gasteiger partial charge is 0.124 e. The van der Waals surface area contributed by atoms with Crippen LogP contribution in [-0.2, 0) is 0 Å². The standard InChI is InChI=1S/C25H21NO2/c27-23-16-15-18-9-7-8-14-21(18)22(23)17-26-24(19-10-3-1-4-11-19)25(28)20-12-5-2-6-13-20/h1-17,24-25,27-28H/t24-,25+/m0/s1. The van der Waals surface area contributed by atoms with E-state index in [1.165, 1.54) is 0 Å². The van der Waals surface area contributed by atoms with Gasteiger partial charge in [0.05, 0.1) is 0 Å². The number of aromatic hydroxyl groups is 1. The Morgan fingerprint density at radius 1 is 0.679 bits per heavy atom. The van der Waals surface area contributed by atoms with E-state index >= 15 is 0 Å². The van der Waals surface area contributed by atoms with Gasteiger partial charge in [0.15, 0.2) is 0 Å². The molecule has 4 rings (SSSR count). The van der Waals surface area contributed by atoms with E-state index in [4.69, 9.17) is 4.99 Å². The molecule has 0 spiro atoms. The summed E-state index contributed by atoms with van der Waals surface area (Å²) in [4.78, 5) is 4.72. The van der Waals surface area contributed by atoms with Gasteiger partial charge < -0.3 is 10.2 Å². The second kappa shape index (κ2) is 8.07. The van der Waals surface area contributed by atoms with Gasteiger partial charge in [-0.05, 0) is 28.0 Å². The molecule has 3 heteroatoms. The highest BCUT2D eigenvalue weighted by Crippen LogP contribution is 2.33. The van der Waals surface area contributed by atoms with Crippen LogP contribution in [0.4, 0.5) is 0 Å². The van der Waals surface area contributed by atoms with E-state index in [0.29, 0.717) is 5.56 Å². The Labute approximate surface area is 164 Å². The maximum absolute atomic E-state index is 11.0. The fourth-order valence-corrected chi connectivity index (χ4v) is 3.41. The average molecular weight is 367 g/mol. The van der Waals surface area contributed by atoms with E-state index in [1.807, 2.05) is 91.0 Å². The molecule has 0 radical (unpaired) electrons. The molecular weight excluding hydrogens is 346 g/mol. The molecule has 0 fully saturated rings. The number of aliphatic imine (C=N–C) groups is 1. The number of nitrogens with zero attached hydrogens (tertiary/aromatic N) is 1. The number of rotatable bonds is 5. The zero-order chi connectivity index (χ0) is 19.3. The van der Waals surface area contributed by atoms with Crippen LogP contribution in [0, 0.1) is 0 Å². The Morgan fingerprint density at radius 2 is 1.29 bits per heavy atom. The minimum absolute atomic E-state index is 0.170. The first kappa shape index (κ1) is 18.0. The van der Waals surface area contributed by atoms with Crippen LogP contribution in [-0.4, -0.2) is 16.4 Å². The van der Waals surface area contributed by atoms with Crippen molar-refractivity contribution in [1.82, 2.24) is 0 Å². The summed E-state index contributed by atoms with van der Waals surface area (Å²) in [6.07, 6.45) is 0.874. The van der Waals surface area contributed by atoms with E-state index in [1.54, 1.807) is 12.3 Å². The molecule has 0 unspecified atom stereocenters. The van der Waals surface area contributed by atoms with Gasteiger partial charge in [0.2, 0.25) is 0 Å². The van der Waals surface area contributed by atoms with Gasteiger partial charge in [0, 0.05) is 11.8 Å². The number of benzene rings is 4. The van der Waals surface area contributed by atoms with Crippen molar-refractivity contribution in [3.8, 4) is 5.75 Å². The lowest BCUT2D eigenvalue weighted by Gasteiger charge is -2.20. The van der Waals surface area contributed by atoms with Crippen LogP contribution >= 0.6 is 0 Å². The zero-order valence-corrected chi connectivity index (χ0v) is 15.3. The van der Waals surface area contributed by atoms with E-state index in [0.717, 1.165) is 21.9 Å². The van der Waals surface area contributed by atoms with Crippen LogP contribution in [0.5, 0.6) is 5.75 Å². The molecule has 0 amide bonds. The molecule has 2 N–H and O–H groups in total. The van der Waals surface area contributed by atoms with Crippen LogP contribution in [0.25, 0.3) is 10.8 Å². The third kappa shape index (κ3) is 3.66. The predicted molar refractivity (Wildman–Crippen MR) is 114 cm³/mol. The summed E-state index contributed by atoms with van der Waals surface area (Å²) in [6, 6.07) is 30.2. The Bertz CT molecular complexity index is 1090. The average Bonchev–Trinajstić information content (AvgIpc) is 2.76. The molecule has 0 heterocycles. The molecular formula is C25H21NO2. The summed E-state index contributed by atoms with van der Waals surface area (Å²) in [6.45, 7) is 0. The minimum Gasteiger partial charge on any atom is -0.507 e. The quantitative estimate of drug-likeness (QED) is 0.462. The molecule has 138 valence electrons. The van der Waals surface area contributed by atoms with Gasteiger partial charge in [0.1, 0.15) is 17.9 Å². The highest BCUT2D eigenvalue weighted by molar-refractivity contribution is 6.02. The fourth-order valence-electron chi connectivity index (χ4n) is 3.41. The second-order valence-electron chi connectivity index (χ2n) is 6.71. The fraction of sp³-hybridized carbons (Fsp3) is 0.0800. The summed E-state index contributed by atoms with van der Waals surface area (Å²) >= 11 is 0. The first-order chi connectivity index (χ1) is 13.7. The van der Waals surface area contributed by atoms with Crippen molar-refractivity contribution in [1.29, 1.82) is 0 Å². The van der Waals surface area contributed by atoms with Crippen LogP contribution in [0.1, 0.15) is 28.8 Å². The molecule has 4 aromatic rings. The minimum atomic E-state index is -0.794. The first-order valence-corrected chi connectivity index (χ1v) is 9.26. The molecule has 0 saturated heterocycles. The number of phenols is 1. The van der Waals surface area contributed by atoms with Crippen molar-refractivity contribution in [2.24, 2.45) is 4.99 Å². The number of hydrogen-bond acceptors (Lipinski definition) is 3. The first-order valence-electron chi connectivity index (χ1n) is 9.26. The van der Waals surface area contributed by atoms with E-state index in [9.17, 15) is 10.2 Å². The third-order valence-corrected chi connectivity index (χ3v) is 4.89. The SMILES string of the molecule is Oc1ccc2ccccc2c1C=N[C@@H](c1ccccc1)[C@H](O)c1ccccc1. The van der Waals surface area contributed by atoms with Crippen LogP contribution in [0.15, 0.2) is 102 Å². The van der Waals surface area contributed by atoms with E-state index in [-0.39, 0.29) is 5.75 Å². The van der Waals surface area contributed by atoms with E-state index < -0.39 is 12.1 Å². The molecule has 0 aliphatic heterocycles. The highest BCUT2D eigenvalue weighted by atomic mass is 16.3. The van der Waals surface area contributed by atoms with Gasteiger partial charge in [-0.2, -0.15) is 0 Å². The van der Waals surface area contributed by atoms with Gasteiger partial charge in [-0.3, -0.25) is 4.99 Å². The van der Waals surface area contributed by atoms with Crippen molar-refractivity contribution in [2.45, 2.75) is 12.1 Å². The molecule has 4 aromatic carbocycles. The predicted octanol–water partition coefficient (Wildman–Crippen LogP) is 5.44. The molecule has 2 atom stereocenters. The van der Waals surface area contributed by atoms with Gasteiger partial charge in [-0.25, -0.2) is 0 Å². The summed E-state index contributed by atoms with van der Waals surface area (Å²) in [5, 5.41) is 23.4. The second-order valence-corrected chi connectivity index (χ2v) is 6.71. The molecule has 0 aliphatic rings. The molecule has 0 bridgehead atoms. The van der Waals surface area contributed by atoms with Gasteiger partial charge in [-0.15, -0.1) is 0 Å². The maximum atomic E-state index is 11.0. The lowest BCUT2D eigenvalue weighted by atomic mass is 9.96. The summed E-state index contributed by atoms with van der Waals surface area (Å²) in [5.41, 5.74) is 2.37. The summed E-state index contributed by atoms with van der Waals surface area (Å²) < 4.78 is 0. The largest absolute Gasteiger partial charge is 0.507 e. The molecule has 0 aliphatic carbocycles. The lowest BCUT2D eigenvalue weighted by molar-refractivity contribution is 0.148. The number of hydrogen-bond donors (Lipinski definition) is 2. The van der Waals surface area contributed by atoms with E-state index in [2.05, 4.69) is 0 Å². The normalized spacial score (nSPS) is 13.6. The van der Waals surface area contributed by atoms with Crippen LogP contribution < -0.4 is 0 Å². The van der Waals surface area contributed by atoms with Crippen molar-refractivity contribution in [3.05, 3.63) is 114 Å². The Hall–Kier alpha value is -3.43. The lowest BCUT2D eigenvalue weighted by Crippen LogP contribution is -2.09. The summed E-state index contributed by atoms with van der Waals surface area (Å²) in [5.74, 6) is 0.170. The number of aliphatic hydroxyl groups excluding tert-OH is 1. The molecule has 28 heavy (non-hydrogen) atoms. The summed E-state index contributed by atoms with van der Waals surface area (Å²) in [7, 11) is 0.